The summed E-state index contributed by atoms with van der Waals surface area (Å²) in [6.45, 7) is 0. The first-order chi connectivity index (χ1) is 8.93. The summed E-state index contributed by atoms with van der Waals surface area (Å²) >= 11 is 0. The van der Waals surface area contributed by atoms with Crippen molar-refractivity contribution in [2.75, 3.05) is 0 Å². The molecule has 0 N–H and O–H groups in total. The fourth-order valence-corrected chi connectivity index (χ4v) is 3.09. The van der Waals surface area contributed by atoms with E-state index in [2.05, 4.69) is 60.7 Å². The van der Waals surface area contributed by atoms with Crippen LogP contribution in [0, 0.1) is 0 Å². The fourth-order valence-electron chi connectivity index (χ4n) is 3.09. The Balaban J connectivity index is 2.19. The van der Waals surface area contributed by atoms with Gasteiger partial charge in [0.05, 0.1) is 0 Å². The highest BCUT2D eigenvalue weighted by atomic mass is 14.2. The van der Waals surface area contributed by atoms with E-state index in [9.17, 15) is 0 Å². The van der Waals surface area contributed by atoms with Crippen molar-refractivity contribution in [1.82, 2.24) is 0 Å². The van der Waals surface area contributed by atoms with Gasteiger partial charge < -0.3 is 0 Å². The lowest BCUT2D eigenvalue weighted by Crippen LogP contribution is -1.94. The van der Waals surface area contributed by atoms with Gasteiger partial charge in [0.1, 0.15) is 0 Å². The zero-order valence-electron chi connectivity index (χ0n) is 10.2. The van der Waals surface area contributed by atoms with Crippen molar-refractivity contribution in [3.8, 4) is 11.1 Å². The average Bonchev–Trinajstić information content (AvgIpc) is 2.70. The van der Waals surface area contributed by atoms with Crippen LogP contribution in [0.1, 0.15) is 22.3 Å². The first kappa shape index (κ1) is 9.90. The summed E-state index contributed by atoms with van der Waals surface area (Å²) in [5.41, 5.74) is 8.51. The van der Waals surface area contributed by atoms with Crippen molar-refractivity contribution in [2.24, 2.45) is 0 Å². The zero-order chi connectivity index (χ0) is 11.9. The molecule has 0 heterocycles. The molecule has 4 rings (SSSR count). The van der Waals surface area contributed by atoms with Crippen molar-refractivity contribution in [2.45, 2.75) is 12.8 Å². The Kier molecular flexibility index (Phi) is 2.04. The van der Waals surface area contributed by atoms with Gasteiger partial charge in [0, 0.05) is 0 Å². The average molecular weight is 230 g/mol. The van der Waals surface area contributed by atoms with Crippen LogP contribution in [0.25, 0.3) is 23.3 Å². The molecule has 0 nitrogen and oxygen atoms in total. The predicted octanol–water partition coefficient (Wildman–Crippen LogP) is 4.49. The minimum atomic E-state index is 1.03. The van der Waals surface area contributed by atoms with Crippen LogP contribution in [0.15, 0.2) is 48.6 Å². The van der Waals surface area contributed by atoms with Gasteiger partial charge in [-0.2, -0.15) is 0 Å². The molecule has 2 aliphatic carbocycles. The number of rotatable bonds is 0. The highest BCUT2D eigenvalue weighted by Gasteiger charge is 2.18. The lowest BCUT2D eigenvalue weighted by atomic mass is 9.89. The summed E-state index contributed by atoms with van der Waals surface area (Å²) in [6, 6.07) is 13.3. The number of benzene rings is 2. The molecule has 0 saturated carbocycles. The second-order valence-corrected chi connectivity index (χ2v) is 4.98. The molecule has 2 aromatic carbocycles. The van der Waals surface area contributed by atoms with Crippen LogP contribution in [-0.4, -0.2) is 0 Å². The van der Waals surface area contributed by atoms with E-state index in [1.807, 2.05) is 0 Å². The Morgan fingerprint density at radius 2 is 1.11 bits per heavy atom. The van der Waals surface area contributed by atoms with Crippen molar-refractivity contribution in [3.63, 3.8) is 0 Å². The number of allylic oxidation sites excluding steroid dienone is 2. The topological polar surface area (TPSA) is 0 Å². The van der Waals surface area contributed by atoms with Crippen LogP contribution < -0.4 is 0 Å². The molecule has 0 bridgehead atoms. The first-order valence-corrected chi connectivity index (χ1v) is 6.51. The maximum atomic E-state index is 2.28. The highest BCUT2D eigenvalue weighted by Crippen LogP contribution is 2.39. The minimum absolute atomic E-state index is 1.03. The maximum absolute atomic E-state index is 2.28. The van der Waals surface area contributed by atoms with Crippen LogP contribution in [0.2, 0.25) is 0 Å². The first-order valence-electron chi connectivity index (χ1n) is 6.51. The van der Waals surface area contributed by atoms with E-state index < -0.39 is 0 Å². The molecule has 86 valence electrons. The third-order valence-corrected chi connectivity index (χ3v) is 3.89. The normalized spacial score (nSPS) is 14.9. The molecule has 0 spiro atoms. The van der Waals surface area contributed by atoms with Gasteiger partial charge in [-0.15, -0.1) is 0 Å². The third-order valence-electron chi connectivity index (χ3n) is 3.89. The Morgan fingerprint density at radius 3 is 1.61 bits per heavy atom. The lowest BCUT2D eigenvalue weighted by molar-refractivity contribution is 1.27. The quantitative estimate of drug-likeness (QED) is 0.625. The summed E-state index contributed by atoms with van der Waals surface area (Å²) in [7, 11) is 0. The number of hydrogen-bond donors (Lipinski definition) is 0. The molecule has 0 atom stereocenters. The van der Waals surface area contributed by atoms with Gasteiger partial charge in [0.2, 0.25) is 0 Å². The van der Waals surface area contributed by atoms with Crippen molar-refractivity contribution >= 4 is 12.2 Å². The van der Waals surface area contributed by atoms with Crippen molar-refractivity contribution in [3.05, 3.63) is 70.8 Å². The van der Waals surface area contributed by atoms with E-state index >= 15 is 0 Å². The Bertz CT molecular complexity index is 626. The maximum Gasteiger partial charge on any atom is -0.00674 e. The highest BCUT2D eigenvalue weighted by molar-refractivity contribution is 5.88. The van der Waals surface area contributed by atoms with Crippen LogP contribution in [0.4, 0.5) is 0 Å². The SMILES string of the molecule is C1=Cc2cccc3c2-c2c(cccc2C1)C=CC3. The molecule has 2 aromatic rings. The van der Waals surface area contributed by atoms with E-state index in [0.717, 1.165) is 12.8 Å². The van der Waals surface area contributed by atoms with Gasteiger partial charge in [-0.25, -0.2) is 0 Å². The van der Waals surface area contributed by atoms with E-state index in [4.69, 9.17) is 0 Å². The van der Waals surface area contributed by atoms with Crippen LogP contribution in [0.5, 0.6) is 0 Å². The van der Waals surface area contributed by atoms with E-state index in [1.165, 1.54) is 33.4 Å². The molecular formula is C18H14. The van der Waals surface area contributed by atoms with Gasteiger partial charge in [-0.1, -0.05) is 60.7 Å². The second-order valence-electron chi connectivity index (χ2n) is 4.98. The van der Waals surface area contributed by atoms with E-state index in [0.29, 0.717) is 0 Å². The Labute approximate surface area is 107 Å². The minimum Gasteiger partial charge on any atom is -0.0795 e. The molecule has 2 aliphatic rings. The molecule has 0 unspecified atom stereocenters. The van der Waals surface area contributed by atoms with Crippen LogP contribution >= 0.6 is 0 Å². The molecule has 0 fully saturated rings. The number of hydrogen-bond acceptors (Lipinski definition) is 0. The molecule has 0 heteroatoms. The third kappa shape index (κ3) is 1.32. The van der Waals surface area contributed by atoms with Gasteiger partial charge >= 0.3 is 0 Å². The Hall–Kier alpha value is -2.08. The molecule has 0 amide bonds. The monoisotopic (exact) mass is 230 g/mol. The van der Waals surface area contributed by atoms with Crippen LogP contribution in [0.3, 0.4) is 0 Å². The largest absolute Gasteiger partial charge is 0.0795 e. The lowest BCUT2D eigenvalue weighted by Gasteiger charge is -2.14. The molecule has 0 aromatic heterocycles. The van der Waals surface area contributed by atoms with E-state index in [-0.39, 0.29) is 0 Å². The summed E-state index contributed by atoms with van der Waals surface area (Å²) in [5.74, 6) is 0. The summed E-state index contributed by atoms with van der Waals surface area (Å²) in [5, 5.41) is 0. The molecule has 0 radical (unpaired) electrons. The molecular weight excluding hydrogens is 216 g/mol. The van der Waals surface area contributed by atoms with Gasteiger partial charge in [-0.05, 0) is 46.2 Å². The molecule has 18 heavy (non-hydrogen) atoms. The van der Waals surface area contributed by atoms with Crippen molar-refractivity contribution < 1.29 is 0 Å². The second kappa shape index (κ2) is 3.71. The Morgan fingerprint density at radius 1 is 0.611 bits per heavy atom. The zero-order valence-corrected chi connectivity index (χ0v) is 10.2. The summed E-state index contributed by atoms with van der Waals surface area (Å²) < 4.78 is 0. The molecule has 0 aliphatic heterocycles. The molecule has 0 saturated heterocycles. The van der Waals surface area contributed by atoms with Gasteiger partial charge in [0.25, 0.3) is 0 Å². The summed E-state index contributed by atoms with van der Waals surface area (Å²) in [4.78, 5) is 0. The standard InChI is InChI=1S/C18H14/c1-5-13-9-3-11-15-7-2-8-16-12-4-10-14(6-1)17(13)18(15)16/h1-9,12H,10-11H2. The van der Waals surface area contributed by atoms with Crippen LogP contribution in [-0.2, 0) is 12.8 Å². The van der Waals surface area contributed by atoms with Gasteiger partial charge in [0.15, 0.2) is 0 Å². The van der Waals surface area contributed by atoms with E-state index in [1.54, 1.807) is 0 Å². The summed E-state index contributed by atoms with van der Waals surface area (Å²) in [6.07, 6.45) is 11.2. The van der Waals surface area contributed by atoms with Crippen molar-refractivity contribution in [1.29, 1.82) is 0 Å². The van der Waals surface area contributed by atoms with Gasteiger partial charge in [-0.3, -0.25) is 0 Å². The fraction of sp³-hybridized carbons (Fsp3) is 0.111. The smallest absolute Gasteiger partial charge is 0.00674 e. The predicted molar refractivity (Wildman–Crippen MR) is 77.4 cm³/mol.